The van der Waals surface area contributed by atoms with E-state index in [0.29, 0.717) is 11.1 Å². The molecule has 1 aromatic heterocycles. The molecule has 0 aliphatic heterocycles. The zero-order valence-electron chi connectivity index (χ0n) is 12.9. The molecule has 2 rings (SSSR count). The van der Waals surface area contributed by atoms with Crippen LogP contribution in [0.5, 0.6) is 5.88 Å². The quantitative estimate of drug-likeness (QED) is 0.642. The summed E-state index contributed by atoms with van der Waals surface area (Å²) in [6.45, 7) is 7.11. The first-order valence-electron chi connectivity index (χ1n) is 6.64. The van der Waals surface area contributed by atoms with Crippen molar-refractivity contribution < 1.29 is 14.3 Å². The molecule has 0 spiro atoms. The zero-order chi connectivity index (χ0) is 15.7. The van der Waals surface area contributed by atoms with Gasteiger partial charge in [0.15, 0.2) is 5.78 Å². The first-order valence-corrected chi connectivity index (χ1v) is 6.64. The standard InChI is InChI=1S/C16H18N2O3/c1-9-6-10(2)11(3)13(7-9)15(20)14-8-17-18(5)16(14)21-12(4)19/h6-8H,1-5H3. The number of esters is 1. The van der Waals surface area contributed by atoms with E-state index in [1.165, 1.54) is 17.8 Å². The van der Waals surface area contributed by atoms with E-state index in [9.17, 15) is 9.59 Å². The molecule has 5 nitrogen and oxygen atoms in total. The molecule has 0 N–H and O–H groups in total. The molecule has 0 saturated heterocycles. The number of carbonyl (C=O) groups is 2. The summed E-state index contributed by atoms with van der Waals surface area (Å²) in [4.78, 5) is 23.9. The first-order chi connectivity index (χ1) is 9.81. The van der Waals surface area contributed by atoms with Crippen molar-refractivity contribution in [2.45, 2.75) is 27.7 Å². The van der Waals surface area contributed by atoms with E-state index in [1.54, 1.807) is 7.05 Å². The predicted octanol–water partition coefficient (Wildman–Crippen LogP) is 2.50. The number of ketones is 1. The van der Waals surface area contributed by atoms with Crippen LogP contribution in [-0.4, -0.2) is 21.5 Å². The second-order valence-electron chi connectivity index (χ2n) is 5.16. The minimum absolute atomic E-state index is 0.172. The molecule has 0 saturated carbocycles. The van der Waals surface area contributed by atoms with Gasteiger partial charge in [0, 0.05) is 19.5 Å². The lowest BCUT2D eigenvalue weighted by molar-refractivity contribution is -0.132. The van der Waals surface area contributed by atoms with E-state index in [1.807, 2.05) is 32.9 Å². The van der Waals surface area contributed by atoms with Crippen molar-refractivity contribution >= 4 is 11.8 Å². The minimum Gasteiger partial charge on any atom is -0.407 e. The van der Waals surface area contributed by atoms with Gasteiger partial charge >= 0.3 is 5.97 Å². The van der Waals surface area contributed by atoms with Crippen molar-refractivity contribution in [1.29, 1.82) is 0 Å². The van der Waals surface area contributed by atoms with Crippen LogP contribution in [0.15, 0.2) is 18.3 Å². The topological polar surface area (TPSA) is 61.2 Å². The van der Waals surface area contributed by atoms with Crippen molar-refractivity contribution in [3.05, 3.63) is 46.1 Å². The van der Waals surface area contributed by atoms with Crippen molar-refractivity contribution in [2.24, 2.45) is 7.05 Å². The van der Waals surface area contributed by atoms with E-state index >= 15 is 0 Å². The van der Waals surface area contributed by atoms with Crippen LogP contribution >= 0.6 is 0 Å². The van der Waals surface area contributed by atoms with Crippen LogP contribution in [0.4, 0.5) is 0 Å². The van der Waals surface area contributed by atoms with Crippen LogP contribution in [0.2, 0.25) is 0 Å². The number of carbonyl (C=O) groups excluding carboxylic acids is 2. The summed E-state index contributed by atoms with van der Waals surface area (Å²) in [7, 11) is 1.63. The van der Waals surface area contributed by atoms with Crippen LogP contribution in [-0.2, 0) is 11.8 Å². The van der Waals surface area contributed by atoms with E-state index in [0.717, 1.165) is 16.7 Å². The smallest absolute Gasteiger partial charge is 0.309 e. The largest absolute Gasteiger partial charge is 0.407 e. The number of ether oxygens (including phenoxy) is 1. The van der Waals surface area contributed by atoms with Gasteiger partial charge in [-0.2, -0.15) is 5.10 Å². The van der Waals surface area contributed by atoms with E-state index in [2.05, 4.69) is 5.10 Å². The fraction of sp³-hybridized carbons (Fsp3) is 0.312. The number of aromatic nitrogens is 2. The Morgan fingerprint density at radius 2 is 1.81 bits per heavy atom. The summed E-state index contributed by atoms with van der Waals surface area (Å²) >= 11 is 0. The number of benzene rings is 1. The summed E-state index contributed by atoms with van der Waals surface area (Å²) in [6, 6.07) is 3.87. The Labute approximate surface area is 123 Å². The number of aryl methyl sites for hydroxylation is 3. The van der Waals surface area contributed by atoms with Gasteiger partial charge in [-0.25, -0.2) is 4.68 Å². The fourth-order valence-electron chi connectivity index (χ4n) is 2.26. The van der Waals surface area contributed by atoms with Crippen LogP contribution in [0.1, 0.15) is 39.5 Å². The van der Waals surface area contributed by atoms with Crippen LogP contribution in [0.3, 0.4) is 0 Å². The first kappa shape index (κ1) is 15.0. The highest BCUT2D eigenvalue weighted by Crippen LogP contribution is 2.24. The van der Waals surface area contributed by atoms with Gasteiger partial charge in [-0.1, -0.05) is 11.6 Å². The number of nitrogens with zero attached hydrogens (tertiary/aromatic N) is 2. The highest BCUT2D eigenvalue weighted by molar-refractivity contribution is 6.11. The molecular formula is C16H18N2O3. The second kappa shape index (κ2) is 5.52. The van der Waals surface area contributed by atoms with Gasteiger partial charge in [0.1, 0.15) is 5.56 Å². The third-order valence-corrected chi connectivity index (χ3v) is 3.43. The molecule has 0 atom stereocenters. The predicted molar refractivity (Wildman–Crippen MR) is 78.6 cm³/mol. The molecule has 1 aromatic carbocycles. The molecule has 1 heterocycles. The van der Waals surface area contributed by atoms with Gasteiger partial charge in [0.05, 0.1) is 6.20 Å². The van der Waals surface area contributed by atoms with Gasteiger partial charge in [-0.15, -0.1) is 0 Å². The Bertz CT molecular complexity index is 729. The lowest BCUT2D eigenvalue weighted by atomic mass is 9.95. The van der Waals surface area contributed by atoms with Crippen LogP contribution < -0.4 is 4.74 Å². The molecular weight excluding hydrogens is 268 g/mol. The minimum atomic E-state index is -0.482. The summed E-state index contributed by atoms with van der Waals surface area (Å²) in [5, 5.41) is 4.01. The highest BCUT2D eigenvalue weighted by atomic mass is 16.5. The Morgan fingerprint density at radius 3 is 2.43 bits per heavy atom. The molecule has 0 bridgehead atoms. The summed E-state index contributed by atoms with van der Waals surface area (Å²) in [5.41, 5.74) is 3.88. The molecule has 110 valence electrons. The van der Waals surface area contributed by atoms with Crippen LogP contribution in [0, 0.1) is 20.8 Å². The average Bonchev–Trinajstić information content (AvgIpc) is 2.74. The molecule has 2 aromatic rings. The monoisotopic (exact) mass is 286 g/mol. The lowest BCUT2D eigenvalue weighted by Crippen LogP contribution is -2.11. The summed E-state index contributed by atoms with van der Waals surface area (Å²) in [5.74, 6) is -0.500. The third-order valence-electron chi connectivity index (χ3n) is 3.43. The SMILES string of the molecule is CC(=O)Oc1c(C(=O)c2cc(C)cc(C)c2C)cnn1C. The molecule has 0 fully saturated rings. The van der Waals surface area contributed by atoms with E-state index in [-0.39, 0.29) is 11.7 Å². The van der Waals surface area contributed by atoms with Crippen molar-refractivity contribution in [1.82, 2.24) is 9.78 Å². The molecule has 0 radical (unpaired) electrons. The summed E-state index contributed by atoms with van der Waals surface area (Å²) in [6.07, 6.45) is 1.43. The normalized spacial score (nSPS) is 10.5. The highest BCUT2D eigenvalue weighted by Gasteiger charge is 2.22. The number of hydrogen-bond acceptors (Lipinski definition) is 4. The molecule has 5 heteroatoms. The Balaban J connectivity index is 2.53. The molecule has 0 aliphatic rings. The third kappa shape index (κ3) is 2.86. The maximum Gasteiger partial charge on any atom is 0.309 e. The summed E-state index contributed by atoms with van der Waals surface area (Å²) < 4.78 is 6.48. The number of hydrogen-bond donors (Lipinski definition) is 0. The fourth-order valence-corrected chi connectivity index (χ4v) is 2.26. The van der Waals surface area contributed by atoms with Gasteiger partial charge in [0.2, 0.25) is 5.88 Å². The van der Waals surface area contributed by atoms with E-state index in [4.69, 9.17) is 4.74 Å². The van der Waals surface area contributed by atoms with Crippen molar-refractivity contribution in [3.63, 3.8) is 0 Å². The van der Waals surface area contributed by atoms with Crippen molar-refractivity contribution in [3.8, 4) is 5.88 Å². The maximum absolute atomic E-state index is 12.7. The average molecular weight is 286 g/mol. The van der Waals surface area contributed by atoms with Gasteiger partial charge < -0.3 is 4.74 Å². The number of rotatable bonds is 3. The Kier molecular flexibility index (Phi) is 3.93. The van der Waals surface area contributed by atoms with Crippen molar-refractivity contribution in [2.75, 3.05) is 0 Å². The molecule has 0 unspecified atom stereocenters. The van der Waals surface area contributed by atoms with Gasteiger partial charge in [0.25, 0.3) is 0 Å². The second-order valence-corrected chi connectivity index (χ2v) is 5.16. The maximum atomic E-state index is 12.7. The van der Waals surface area contributed by atoms with Gasteiger partial charge in [-0.3, -0.25) is 9.59 Å². The zero-order valence-corrected chi connectivity index (χ0v) is 12.9. The Morgan fingerprint density at radius 1 is 1.14 bits per heavy atom. The van der Waals surface area contributed by atoms with Crippen LogP contribution in [0.25, 0.3) is 0 Å². The molecule has 0 amide bonds. The van der Waals surface area contributed by atoms with E-state index < -0.39 is 5.97 Å². The Hall–Kier alpha value is -2.43. The molecule has 21 heavy (non-hydrogen) atoms. The van der Waals surface area contributed by atoms with Gasteiger partial charge in [-0.05, 0) is 38.0 Å². The molecule has 0 aliphatic carbocycles. The lowest BCUT2D eigenvalue weighted by Gasteiger charge is -2.10.